The van der Waals surface area contributed by atoms with Gasteiger partial charge in [-0.3, -0.25) is 4.57 Å². The normalized spacial score (nSPS) is 9.91. The van der Waals surface area contributed by atoms with E-state index in [0.29, 0.717) is 0 Å². The summed E-state index contributed by atoms with van der Waals surface area (Å²) in [6.45, 7) is 0. The molecule has 5 nitrogen and oxygen atoms in total. The second kappa shape index (κ2) is 2.19. The van der Waals surface area contributed by atoms with Gasteiger partial charge in [0.05, 0.1) is 0 Å². The van der Waals surface area contributed by atoms with Gasteiger partial charge in [-0.05, 0) is 0 Å². The number of carboxylic acid groups (broad SMARTS) is 1. The standard InChI is InChI=1S/C6H7NO4/c1-7-4(8)2-3(5(7)9)6(10)11/h2,8-9H,1H3,(H,10,11). The number of aromatic hydroxyl groups is 2. The summed E-state index contributed by atoms with van der Waals surface area (Å²) in [6, 6.07) is 0.984. The van der Waals surface area contributed by atoms with Gasteiger partial charge in [-0.2, -0.15) is 0 Å². The maximum absolute atomic E-state index is 10.3. The number of hydrogen-bond acceptors (Lipinski definition) is 3. The molecule has 0 radical (unpaired) electrons. The monoisotopic (exact) mass is 157 g/mol. The van der Waals surface area contributed by atoms with Crippen molar-refractivity contribution < 1.29 is 20.1 Å². The van der Waals surface area contributed by atoms with Crippen molar-refractivity contribution in [2.24, 2.45) is 7.05 Å². The fraction of sp³-hybridized carbons (Fsp3) is 0.167. The average Bonchev–Trinajstić information content (AvgIpc) is 2.17. The lowest BCUT2D eigenvalue weighted by atomic mass is 10.3. The van der Waals surface area contributed by atoms with Crippen molar-refractivity contribution in [1.29, 1.82) is 0 Å². The van der Waals surface area contributed by atoms with Crippen LogP contribution in [-0.4, -0.2) is 25.9 Å². The maximum atomic E-state index is 10.3. The molecular weight excluding hydrogens is 150 g/mol. The Morgan fingerprint density at radius 1 is 1.55 bits per heavy atom. The number of aromatic carboxylic acids is 1. The Labute approximate surface area is 62.1 Å². The van der Waals surface area contributed by atoms with Gasteiger partial charge in [-0.1, -0.05) is 0 Å². The predicted octanol–water partition coefficient (Wildman–Crippen LogP) is 0.134. The average molecular weight is 157 g/mol. The highest BCUT2D eigenvalue weighted by Gasteiger charge is 2.16. The number of carbonyl (C=O) groups is 1. The molecule has 0 saturated heterocycles. The van der Waals surface area contributed by atoms with Crippen LogP contribution in [0, 0.1) is 0 Å². The molecule has 0 aliphatic rings. The van der Waals surface area contributed by atoms with Crippen molar-refractivity contribution in [2.45, 2.75) is 0 Å². The van der Waals surface area contributed by atoms with Crippen molar-refractivity contribution in [3.8, 4) is 11.8 Å². The minimum absolute atomic E-state index is 0.278. The number of nitrogens with zero attached hydrogens (tertiary/aromatic N) is 1. The quantitative estimate of drug-likeness (QED) is 0.541. The molecule has 0 spiro atoms. The lowest BCUT2D eigenvalue weighted by Crippen LogP contribution is -1.94. The summed E-state index contributed by atoms with van der Waals surface area (Å²) < 4.78 is 0.976. The summed E-state index contributed by atoms with van der Waals surface area (Å²) >= 11 is 0. The molecule has 11 heavy (non-hydrogen) atoms. The first-order valence-electron chi connectivity index (χ1n) is 2.85. The predicted molar refractivity (Wildman–Crippen MR) is 35.7 cm³/mol. The molecule has 1 aromatic heterocycles. The van der Waals surface area contributed by atoms with Crippen LogP contribution in [-0.2, 0) is 7.05 Å². The minimum Gasteiger partial charge on any atom is -0.494 e. The van der Waals surface area contributed by atoms with E-state index in [1.165, 1.54) is 7.05 Å². The highest BCUT2D eigenvalue weighted by molar-refractivity contribution is 5.91. The highest BCUT2D eigenvalue weighted by Crippen LogP contribution is 2.25. The molecule has 0 aliphatic heterocycles. The van der Waals surface area contributed by atoms with Gasteiger partial charge in [0, 0.05) is 13.1 Å². The van der Waals surface area contributed by atoms with Gasteiger partial charge in [0.1, 0.15) is 5.56 Å². The smallest absolute Gasteiger partial charge is 0.341 e. The number of hydrogen-bond donors (Lipinski definition) is 3. The fourth-order valence-electron chi connectivity index (χ4n) is 0.737. The molecule has 0 aromatic carbocycles. The van der Waals surface area contributed by atoms with Gasteiger partial charge < -0.3 is 15.3 Å². The molecule has 1 heterocycles. The van der Waals surface area contributed by atoms with E-state index in [2.05, 4.69) is 0 Å². The van der Waals surface area contributed by atoms with E-state index in [1.807, 2.05) is 0 Å². The van der Waals surface area contributed by atoms with Crippen LogP contribution >= 0.6 is 0 Å². The van der Waals surface area contributed by atoms with Gasteiger partial charge in [0.15, 0.2) is 5.88 Å². The summed E-state index contributed by atoms with van der Waals surface area (Å²) in [5.74, 6) is -1.99. The van der Waals surface area contributed by atoms with Gasteiger partial charge >= 0.3 is 5.97 Å². The van der Waals surface area contributed by atoms with Gasteiger partial charge in [-0.15, -0.1) is 0 Å². The van der Waals surface area contributed by atoms with Crippen LogP contribution in [0.25, 0.3) is 0 Å². The van der Waals surface area contributed by atoms with Crippen LogP contribution in [0.1, 0.15) is 10.4 Å². The Hall–Kier alpha value is -1.65. The summed E-state index contributed by atoms with van der Waals surface area (Å²) in [6.07, 6.45) is 0. The van der Waals surface area contributed by atoms with E-state index in [9.17, 15) is 4.79 Å². The summed E-state index contributed by atoms with van der Waals surface area (Å²) in [4.78, 5) is 10.3. The van der Waals surface area contributed by atoms with Crippen LogP contribution in [0.3, 0.4) is 0 Å². The second-order valence-electron chi connectivity index (χ2n) is 2.10. The molecule has 0 amide bonds. The van der Waals surface area contributed by atoms with Crippen molar-refractivity contribution >= 4 is 5.97 Å². The molecule has 0 bridgehead atoms. The summed E-state index contributed by atoms with van der Waals surface area (Å²) in [7, 11) is 1.36. The highest BCUT2D eigenvalue weighted by atomic mass is 16.4. The van der Waals surface area contributed by atoms with E-state index in [1.54, 1.807) is 0 Å². The molecule has 60 valence electrons. The summed E-state index contributed by atoms with van der Waals surface area (Å²) in [5.41, 5.74) is -0.301. The third-order valence-electron chi connectivity index (χ3n) is 1.41. The number of rotatable bonds is 1. The molecule has 1 aromatic rings. The second-order valence-corrected chi connectivity index (χ2v) is 2.10. The molecule has 0 atom stereocenters. The topological polar surface area (TPSA) is 82.7 Å². The van der Waals surface area contributed by atoms with Crippen LogP contribution < -0.4 is 0 Å². The lowest BCUT2D eigenvalue weighted by Gasteiger charge is -1.95. The van der Waals surface area contributed by atoms with E-state index in [4.69, 9.17) is 15.3 Å². The Bertz CT molecular complexity index is 302. The van der Waals surface area contributed by atoms with Crippen molar-refractivity contribution in [3.05, 3.63) is 11.6 Å². The third kappa shape index (κ3) is 1.000. The van der Waals surface area contributed by atoms with Crippen LogP contribution in [0.4, 0.5) is 0 Å². The van der Waals surface area contributed by atoms with Gasteiger partial charge in [0.25, 0.3) is 0 Å². The first kappa shape index (κ1) is 7.46. The lowest BCUT2D eigenvalue weighted by molar-refractivity contribution is 0.0693. The van der Waals surface area contributed by atoms with E-state index < -0.39 is 11.8 Å². The van der Waals surface area contributed by atoms with E-state index >= 15 is 0 Å². The molecule has 3 N–H and O–H groups in total. The Morgan fingerprint density at radius 2 is 2.09 bits per heavy atom. The third-order valence-corrected chi connectivity index (χ3v) is 1.41. The Balaban J connectivity index is 3.29. The van der Waals surface area contributed by atoms with E-state index in [-0.39, 0.29) is 11.4 Å². The zero-order valence-corrected chi connectivity index (χ0v) is 5.77. The molecule has 1 rings (SSSR count). The Kier molecular flexibility index (Phi) is 1.48. The fourth-order valence-corrected chi connectivity index (χ4v) is 0.737. The number of carboxylic acids is 1. The molecular formula is C6H7NO4. The minimum atomic E-state index is -1.27. The largest absolute Gasteiger partial charge is 0.494 e. The van der Waals surface area contributed by atoms with Crippen molar-refractivity contribution in [3.63, 3.8) is 0 Å². The maximum Gasteiger partial charge on any atom is 0.341 e. The molecule has 0 aliphatic carbocycles. The van der Waals surface area contributed by atoms with E-state index in [0.717, 1.165) is 10.6 Å². The van der Waals surface area contributed by atoms with Crippen LogP contribution in [0.5, 0.6) is 11.8 Å². The van der Waals surface area contributed by atoms with Gasteiger partial charge in [-0.25, -0.2) is 4.79 Å². The molecule has 0 unspecified atom stereocenters. The Morgan fingerprint density at radius 3 is 2.27 bits per heavy atom. The molecule has 0 fully saturated rings. The first-order chi connectivity index (χ1) is 5.04. The SMILES string of the molecule is Cn1c(O)cc(C(=O)O)c1O. The van der Waals surface area contributed by atoms with Crippen molar-refractivity contribution in [2.75, 3.05) is 0 Å². The zero-order valence-electron chi connectivity index (χ0n) is 5.77. The van der Waals surface area contributed by atoms with Gasteiger partial charge in [0.2, 0.25) is 5.88 Å². The molecule has 0 saturated carbocycles. The summed E-state index contributed by atoms with van der Waals surface area (Å²) in [5, 5.41) is 26.3. The van der Waals surface area contributed by atoms with Crippen LogP contribution in [0.2, 0.25) is 0 Å². The number of aromatic nitrogens is 1. The van der Waals surface area contributed by atoms with Crippen LogP contribution in [0.15, 0.2) is 6.07 Å². The zero-order chi connectivity index (χ0) is 8.59. The van der Waals surface area contributed by atoms with Crippen molar-refractivity contribution in [1.82, 2.24) is 4.57 Å². The molecule has 5 heteroatoms. The first-order valence-corrected chi connectivity index (χ1v) is 2.85.